The number of aryl methyl sites for hydroxylation is 1. The molecule has 1 saturated heterocycles. The molecule has 1 aromatic heterocycles. The zero-order chi connectivity index (χ0) is 21.3. The van der Waals surface area contributed by atoms with E-state index in [4.69, 9.17) is 0 Å². The lowest BCUT2D eigenvalue weighted by atomic mass is 9.99. The number of hydrogen-bond donors (Lipinski definition) is 1. The SMILES string of the molecule is Cn1ccc2cc(S(=O)(=O)N3CCC[C@@H](C(=O)NCc4cccc(Br)c4)C3)ccc21. The number of nitrogens with one attached hydrogen (secondary N) is 1. The number of amides is 1. The molecule has 2 heterocycles. The molecule has 1 amide bonds. The predicted octanol–water partition coefficient (Wildman–Crippen LogP) is 3.66. The molecule has 0 aliphatic carbocycles. The Bertz CT molecular complexity index is 1190. The number of halogens is 1. The maximum atomic E-state index is 13.2. The Balaban J connectivity index is 1.46. The minimum Gasteiger partial charge on any atom is -0.352 e. The van der Waals surface area contributed by atoms with E-state index in [1.54, 1.807) is 12.1 Å². The molecule has 2 aromatic carbocycles. The molecule has 0 bridgehead atoms. The molecule has 158 valence electrons. The molecule has 3 aromatic rings. The normalized spacial score (nSPS) is 17.9. The lowest BCUT2D eigenvalue weighted by Gasteiger charge is -2.31. The van der Waals surface area contributed by atoms with Crippen LogP contribution in [0.15, 0.2) is 64.1 Å². The van der Waals surface area contributed by atoms with E-state index in [0.29, 0.717) is 25.9 Å². The Morgan fingerprint density at radius 3 is 2.83 bits per heavy atom. The molecular formula is C22H24BrN3O3S. The summed E-state index contributed by atoms with van der Waals surface area (Å²) < 4.78 is 30.8. The van der Waals surface area contributed by atoms with E-state index in [-0.39, 0.29) is 23.3 Å². The molecule has 4 rings (SSSR count). The third-order valence-corrected chi connectivity index (χ3v) is 7.96. The van der Waals surface area contributed by atoms with Crippen molar-refractivity contribution in [2.75, 3.05) is 13.1 Å². The van der Waals surface area contributed by atoms with Gasteiger partial charge in [0.05, 0.1) is 10.8 Å². The molecule has 6 nitrogen and oxygen atoms in total. The van der Waals surface area contributed by atoms with Crippen LogP contribution in [0.5, 0.6) is 0 Å². The van der Waals surface area contributed by atoms with Crippen molar-refractivity contribution in [3.05, 3.63) is 64.8 Å². The molecule has 1 fully saturated rings. The van der Waals surface area contributed by atoms with Crippen LogP contribution in [0.1, 0.15) is 18.4 Å². The molecule has 1 atom stereocenters. The first kappa shape index (κ1) is 21.1. The van der Waals surface area contributed by atoms with Crippen LogP contribution >= 0.6 is 15.9 Å². The van der Waals surface area contributed by atoms with Crippen molar-refractivity contribution in [1.82, 2.24) is 14.2 Å². The van der Waals surface area contributed by atoms with Crippen molar-refractivity contribution in [3.8, 4) is 0 Å². The standard InChI is InChI=1S/C22H24BrN3O3S/c1-25-11-9-17-13-20(7-8-21(17)25)30(28,29)26-10-3-5-18(15-26)22(27)24-14-16-4-2-6-19(23)12-16/h2,4,6-9,11-13,18H,3,5,10,14-15H2,1H3,(H,24,27)/t18-/m1/s1. The second kappa shape index (κ2) is 8.53. The van der Waals surface area contributed by atoms with E-state index in [9.17, 15) is 13.2 Å². The van der Waals surface area contributed by atoms with E-state index < -0.39 is 10.0 Å². The van der Waals surface area contributed by atoms with Gasteiger partial charge in [-0.2, -0.15) is 4.31 Å². The molecule has 30 heavy (non-hydrogen) atoms. The highest BCUT2D eigenvalue weighted by molar-refractivity contribution is 9.10. The van der Waals surface area contributed by atoms with Crippen molar-refractivity contribution in [3.63, 3.8) is 0 Å². The van der Waals surface area contributed by atoms with Gasteiger partial charge in [0.25, 0.3) is 0 Å². The first-order valence-corrected chi connectivity index (χ1v) is 12.2. The average molecular weight is 490 g/mol. The number of carbonyl (C=O) groups excluding carboxylic acids is 1. The summed E-state index contributed by atoms with van der Waals surface area (Å²) >= 11 is 3.43. The zero-order valence-corrected chi connectivity index (χ0v) is 19.1. The lowest BCUT2D eigenvalue weighted by Crippen LogP contribution is -2.45. The van der Waals surface area contributed by atoms with Crippen LogP contribution < -0.4 is 5.32 Å². The minimum atomic E-state index is -3.65. The van der Waals surface area contributed by atoms with Crippen LogP contribution in [-0.4, -0.2) is 36.3 Å². The van der Waals surface area contributed by atoms with Crippen molar-refractivity contribution < 1.29 is 13.2 Å². The number of sulfonamides is 1. The van der Waals surface area contributed by atoms with E-state index in [2.05, 4.69) is 21.2 Å². The maximum Gasteiger partial charge on any atom is 0.243 e. The van der Waals surface area contributed by atoms with Crippen LogP contribution in [0, 0.1) is 5.92 Å². The molecule has 1 aliphatic rings. The number of aromatic nitrogens is 1. The Kier molecular flexibility index (Phi) is 5.99. The maximum absolute atomic E-state index is 13.2. The van der Waals surface area contributed by atoms with Gasteiger partial charge in [-0.1, -0.05) is 28.1 Å². The first-order chi connectivity index (χ1) is 14.3. The molecule has 1 aliphatic heterocycles. The largest absolute Gasteiger partial charge is 0.352 e. The van der Waals surface area contributed by atoms with Gasteiger partial charge < -0.3 is 9.88 Å². The summed E-state index contributed by atoms with van der Waals surface area (Å²) in [6.45, 7) is 1.07. The molecule has 1 N–H and O–H groups in total. The van der Waals surface area contributed by atoms with E-state index in [0.717, 1.165) is 20.9 Å². The summed E-state index contributed by atoms with van der Waals surface area (Å²) in [5.74, 6) is -0.450. The van der Waals surface area contributed by atoms with Gasteiger partial charge in [-0.05, 0) is 54.8 Å². The molecule has 0 radical (unpaired) electrons. The van der Waals surface area contributed by atoms with Gasteiger partial charge in [0.1, 0.15) is 0 Å². The van der Waals surface area contributed by atoms with Gasteiger partial charge in [-0.3, -0.25) is 4.79 Å². The fourth-order valence-corrected chi connectivity index (χ4v) is 5.93. The van der Waals surface area contributed by atoms with E-state index in [1.165, 1.54) is 4.31 Å². The summed E-state index contributed by atoms with van der Waals surface area (Å²) in [5, 5.41) is 3.84. The summed E-state index contributed by atoms with van der Waals surface area (Å²) in [5.41, 5.74) is 1.98. The number of rotatable bonds is 5. The highest BCUT2D eigenvalue weighted by atomic mass is 79.9. The van der Waals surface area contributed by atoms with Gasteiger partial charge in [0, 0.05) is 48.3 Å². The summed E-state index contributed by atoms with van der Waals surface area (Å²) in [4.78, 5) is 13.0. The summed E-state index contributed by atoms with van der Waals surface area (Å²) in [6, 6.07) is 14.8. The van der Waals surface area contributed by atoms with Crippen LogP contribution in [0.3, 0.4) is 0 Å². The van der Waals surface area contributed by atoms with Crippen molar-refractivity contribution in [2.24, 2.45) is 13.0 Å². The zero-order valence-electron chi connectivity index (χ0n) is 16.7. The van der Waals surface area contributed by atoms with Crippen molar-refractivity contribution in [1.29, 1.82) is 0 Å². The fourth-order valence-electron chi connectivity index (χ4n) is 3.92. The van der Waals surface area contributed by atoms with Gasteiger partial charge in [0.2, 0.25) is 15.9 Å². The smallest absolute Gasteiger partial charge is 0.243 e. The number of fused-ring (bicyclic) bond motifs is 1. The number of hydrogen-bond acceptors (Lipinski definition) is 3. The Morgan fingerprint density at radius 1 is 1.20 bits per heavy atom. The predicted molar refractivity (Wildman–Crippen MR) is 120 cm³/mol. The van der Waals surface area contributed by atoms with Crippen LogP contribution in [0.4, 0.5) is 0 Å². The van der Waals surface area contributed by atoms with Crippen molar-refractivity contribution in [2.45, 2.75) is 24.3 Å². The first-order valence-electron chi connectivity index (χ1n) is 9.92. The second-order valence-corrected chi connectivity index (χ2v) is 10.6. The Labute approximate surface area is 185 Å². The second-order valence-electron chi connectivity index (χ2n) is 7.70. The average Bonchev–Trinajstić information content (AvgIpc) is 3.12. The lowest BCUT2D eigenvalue weighted by molar-refractivity contribution is -0.126. The third-order valence-electron chi connectivity index (χ3n) is 5.61. The van der Waals surface area contributed by atoms with Crippen LogP contribution in [-0.2, 0) is 28.4 Å². The van der Waals surface area contributed by atoms with Crippen molar-refractivity contribution >= 4 is 42.8 Å². The van der Waals surface area contributed by atoms with Gasteiger partial charge >= 0.3 is 0 Å². The highest BCUT2D eigenvalue weighted by Crippen LogP contribution is 2.26. The van der Waals surface area contributed by atoms with Gasteiger partial charge in [0.15, 0.2) is 0 Å². The summed E-state index contributed by atoms with van der Waals surface area (Å²) in [6.07, 6.45) is 3.27. The number of nitrogens with zero attached hydrogens (tertiary/aromatic N) is 2. The molecule has 0 spiro atoms. The van der Waals surface area contributed by atoms with Crippen LogP contribution in [0.25, 0.3) is 10.9 Å². The quantitative estimate of drug-likeness (QED) is 0.594. The Hall–Kier alpha value is -2.16. The monoisotopic (exact) mass is 489 g/mol. The number of benzene rings is 2. The summed E-state index contributed by atoms with van der Waals surface area (Å²) in [7, 11) is -1.72. The van der Waals surface area contributed by atoms with E-state index in [1.807, 2.05) is 54.2 Å². The van der Waals surface area contributed by atoms with Crippen LogP contribution in [0.2, 0.25) is 0 Å². The van der Waals surface area contributed by atoms with E-state index >= 15 is 0 Å². The number of carbonyl (C=O) groups is 1. The topological polar surface area (TPSA) is 71.4 Å². The molecule has 8 heteroatoms. The highest BCUT2D eigenvalue weighted by Gasteiger charge is 2.33. The molecule has 0 saturated carbocycles. The number of piperidine rings is 1. The van der Waals surface area contributed by atoms with Gasteiger partial charge in [-0.25, -0.2) is 8.42 Å². The fraction of sp³-hybridized carbons (Fsp3) is 0.318. The van der Waals surface area contributed by atoms with Gasteiger partial charge in [-0.15, -0.1) is 0 Å². The minimum absolute atomic E-state index is 0.103. The Morgan fingerprint density at radius 2 is 2.03 bits per heavy atom. The third kappa shape index (κ3) is 4.31. The molecule has 0 unspecified atom stereocenters. The molecular weight excluding hydrogens is 466 g/mol.